The maximum absolute atomic E-state index is 12.7. The van der Waals surface area contributed by atoms with Gasteiger partial charge in [-0.1, -0.05) is 6.07 Å². The van der Waals surface area contributed by atoms with Crippen LogP contribution in [-0.2, 0) is 9.53 Å². The topological polar surface area (TPSA) is 71.8 Å². The Morgan fingerprint density at radius 3 is 3.17 bits per heavy atom. The molecule has 0 aliphatic carbocycles. The molecular formula is C16H21N5O2. The van der Waals surface area contributed by atoms with Gasteiger partial charge in [0.05, 0.1) is 13.2 Å². The molecule has 2 atom stereocenters. The van der Waals surface area contributed by atoms with E-state index in [0.717, 1.165) is 37.4 Å². The molecule has 7 nitrogen and oxygen atoms in total. The zero-order chi connectivity index (χ0) is 15.6. The minimum absolute atomic E-state index is 0.142. The van der Waals surface area contributed by atoms with Crippen LogP contribution in [0.5, 0.6) is 0 Å². The lowest BCUT2D eigenvalue weighted by molar-refractivity contribution is -0.137. The minimum Gasteiger partial charge on any atom is -0.378 e. The van der Waals surface area contributed by atoms with Gasteiger partial charge in [0, 0.05) is 31.7 Å². The highest BCUT2D eigenvalue weighted by Gasteiger charge is 2.32. The van der Waals surface area contributed by atoms with E-state index in [9.17, 15) is 4.79 Å². The van der Waals surface area contributed by atoms with E-state index in [4.69, 9.17) is 4.74 Å². The Morgan fingerprint density at radius 1 is 1.35 bits per heavy atom. The molecule has 4 heterocycles. The average Bonchev–Trinajstić information content (AvgIpc) is 3.06. The first-order valence-corrected chi connectivity index (χ1v) is 8.22. The summed E-state index contributed by atoms with van der Waals surface area (Å²) in [5, 5.41) is 11.8. The van der Waals surface area contributed by atoms with Crippen molar-refractivity contribution in [2.45, 2.75) is 24.8 Å². The summed E-state index contributed by atoms with van der Waals surface area (Å²) in [6.45, 7) is 3.39. The Kier molecular flexibility index (Phi) is 3.97. The molecule has 2 aromatic heterocycles. The minimum atomic E-state index is -0.211. The van der Waals surface area contributed by atoms with E-state index in [-0.39, 0.29) is 17.9 Å². The second-order valence-corrected chi connectivity index (χ2v) is 6.19. The van der Waals surface area contributed by atoms with Crippen LogP contribution in [0.1, 0.15) is 24.6 Å². The molecule has 0 saturated carbocycles. The third-order valence-electron chi connectivity index (χ3n) is 4.66. The Morgan fingerprint density at radius 2 is 2.30 bits per heavy atom. The van der Waals surface area contributed by atoms with Gasteiger partial charge in [0.1, 0.15) is 11.9 Å². The van der Waals surface area contributed by atoms with E-state index in [1.807, 2.05) is 33.7 Å². The molecule has 2 aromatic rings. The molecule has 0 bridgehead atoms. The largest absolute Gasteiger partial charge is 0.378 e. The summed E-state index contributed by atoms with van der Waals surface area (Å²) in [5.41, 5.74) is 0.855. The van der Waals surface area contributed by atoms with Crippen LogP contribution in [0.25, 0.3) is 5.65 Å². The number of fused-ring (bicyclic) bond motifs is 1. The van der Waals surface area contributed by atoms with Gasteiger partial charge in [0.2, 0.25) is 5.91 Å². The number of nitrogens with zero attached hydrogens (tertiary/aromatic N) is 4. The smallest absolute Gasteiger partial charge is 0.242 e. The molecule has 122 valence electrons. The predicted octanol–water partition coefficient (Wildman–Crippen LogP) is 0.424. The number of nitrogens with one attached hydrogen (secondary N) is 1. The van der Waals surface area contributed by atoms with Gasteiger partial charge >= 0.3 is 0 Å². The number of ether oxygens (including phenoxy) is 1. The standard InChI is InChI=1S/C16H21N5O2/c22-16(13-11-23-9-6-17-13)20-7-3-4-12(10-20)15-19-18-14-5-1-2-8-21(14)15/h1-2,5,8,12-13,17H,3-4,6-7,9-11H2. The number of amides is 1. The number of pyridine rings is 1. The number of likely N-dealkylation sites (tertiary alicyclic amines) is 1. The van der Waals surface area contributed by atoms with Crippen LogP contribution in [0, 0.1) is 0 Å². The fourth-order valence-corrected chi connectivity index (χ4v) is 3.47. The summed E-state index contributed by atoms with van der Waals surface area (Å²) < 4.78 is 7.44. The summed E-state index contributed by atoms with van der Waals surface area (Å²) in [6, 6.07) is 5.68. The SMILES string of the molecule is O=C(C1COCCN1)N1CCCC(c2nnc3ccccn23)C1. The van der Waals surface area contributed by atoms with Crippen molar-refractivity contribution in [2.75, 3.05) is 32.8 Å². The lowest BCUT2D eigenvalue weighted by atomic mass is 9.96. The summed E-state index contributed by atoms with van der Waals surface area (Å²) in [7, 11) is 0. The highest BCUT2D eigenvalue weighted by molar-refractivity contribution is 5.82. The molecule has 4 rings (SSSR count). The zero-order valence-corrected chi connectivity index (χ0v) is 13.0. The third kappa shape index (κ3) is 2.82. The van der Waals surface area contributed by atoms with Crippen molar-refractivity contribution in [1.29, 1.82) is 0 Å². The number of carbonyl (C=O) groups excluding carboxylic acids is 1. The lowest BCUT2D eigenvalue weighted by Gasteiger charge is -2.35. The number of carbonyl (C=O) groups is 1. The number of piperidine rings is 1. The van der Waals surface area contributed by atoms with Crippen molar-refractivity contribution in [3.8, 4) is 0 Å². The number of hydrogen-bond donors (Lipinski definition) is 1. The van der Waals surface area contributed by atoms with Gasteiger partial charge in [-0.2, -0.15) is 0 Å². The Balaban J connectivity index is 1.51. The molecule has 1 amide bonds. The highest BCUT2D eigenvalue weighted by atomic mass is 16.5. The van der Waals surface area contributed by atoms with Gasteiger partial charge in [0.25, 0.3) is 0 Å². The Labute approximate surface area is 134 Å². The molecule has 2 unspecified atom stereocenters. The van der Waals surface area contributed by atoms with E-state index >= 15 is 0 Å². The Hall–Kier alpha value is -1.99. The third-order valence-corrected chi connectivity index (χ3v) is 4.66. The van der Waals surface area contributed by atoms with Crippen LogP contribution in [-0.4, -0.2) is 64.3 Å². The number of rotatable bonds is 2. The molecule has 7 heteroatoms. The maximum Gasteiger partial charge on any atom is 0.242 e. The summed E-state index contributed by atoms with van der Waals surface area (Å²) in [4.78, 5) is 14.6. The predicted molar refractivity (Wildman–Crippen MR) is 84.2 cm³/mol. The van der Waals surface area contributed by atoms with Crippen molar-refractivity contribution < 1.29 is 9.53 Å². The molecule has 0 spiro atoms. The highest BCUT2D eigenvalue weighted by Crippen LogP contribution is 2.26. The van der Waals surface area contributed by atoms with Crippen LogP contribution < -0.4 is 5.32 Å². The van der Waals surface area contributed by atoms with Gasteiger partial charge in [-0.05, 0) is 25.0 Å². The first-order chi connectivity index (χ1) is 11.3. The van der Waals surface area contributed by atoms with Crippen molar-refractivity contribution in [3.05, 3.63) is 30.2 Å². The first kappa shape index (κ1) is 14.6. The molecule has 0 aromatic carbocycles. The monoisotopic (exact) mass is 315 g/mol. The molecule has 2 fully saturated rings. The summed E-state index contributed by atoms with van der Waals surface area (Å²) in [5.74, 6) is 1.32. The van der Waals surface area contributed by atoms with Crippen LogP contribution >= 0.6 is 0 Å². The molecule has 1 N–H and O–H groups in total. The number of hydrogen-bond acceptors (Lipinski definition) is 5. The second-order valence-electron chi connectivity index (χ2n) is 6.19. The van der Waals surface area contributed by atoms with Crippen molar-refractivity contribution in [1.82, 2.24) is 24.8 Å². The van der Waals surface area contributed by atoms with E-state index < -0.39 is 0 Å². The van der Waals surface area contributed by atoms with Gasteiger partial charge in [-0.25, -0.2) is 0 Å². The van der Waals surface area contributed by atoms with Crippen LogP contribution in [0.15, 0.2) is 24.4 Å². The molecule has 2 saturated heterocycles. The molecule has 2 aliphatic rings. The molecule has 0 radical (unpaired) electrons. The quantitative estimate of drug-likeness (QED) is 0.870. The fraction of sp³-hybridized carbons (Fsp3) is 0.562. The van der Waals surface area contributed by atoms with Crippen molar-refractivity contribution in [2.24, 2.45) is 0 Å². The van der Waals surface area contributed by atoms with Crippen LogP contribution in [0.2, 0.25) is 0 Å². The lowest BCUT2D eigenvalue weighted by Crippen LogP contribution is -2.54. The second kappa shape index (κ2) is 6.25. The summed E-state index contributed by atoms with van der Waals surface area (Å²) in [6.07, 6.45) is 4.02. The fourth-order valence-electron chi connectivity index (χ4n) is 3.47. The van der Waals surface area contributed by atoms with Gasteiger partial charge in [-0.3, -0.25) is 9.20 Å². The van der Waals surface area contributed by atoms with E-state index in [0.29, 0.717) is 19.8 Å². The average molecular weight is 315 g/mol. The van der Waals surface area contributed by atoms with Gasteiger partial charge < -0.3 is 15.0 Å². The van der Waals surface area contributed by atoms with E-state index in [2.05, 4.69) is 15.5 Å². The van der Waals surface area contributed by atoms with Crippen LogP contribution in [0.3, 0.4) is 0 Å². The number of morpholine rings is 1. The molecular weight excluding hydrogens is 294 g/mol. The van der Waals surface area contributed by atoms with E-state index in [1.54, 1.807) is 0 Å². The van der Waals surface area contributed by atoms with Crippen molar-refractivity contribution >= 4 is 11.6 Å². The first-order valence-electron chi connectivity index (χ1n) is 8.22. The van der Waals surface area contributed by atoms with Crippen molar-refractivity contribution in [3.63, 3.8) is 0 Å². The van der Waals surface area contributed by atoms with Crippen LogP contribution in [0.4, 0.5) is 0 Å². The molecule has 23 heavy (non-hydrogen) atoms. The maximum atomic E-state index is 12.7. The Bertz CT molecular complexity index is 695. The van der Waals surface area contributed by atoms with Gasteiger partial charge in [0.15, 0.2) is 5.65 Å². The zero-order valence-electron chi connectivity index (χ0n) is 13.0. The number of aromatic nitrogens is 3. The summed E-state index contributed by atoms with van der Waals surface area (Å²) >= 11 is 0. The van der Waals surface area contributed by atoms with E-state index in [1.165, 1.54) is 0 Å². The normalized spacial score (nSPS) is 25.7. The molecule has 2 aliphatic heterocycles. The van der Waals surface area contributed by atoms with Gasteiger partial charge in [-0.15, -0.1) is 10.2 Å².